The third kappa shape index (κ3) is 2.85. The molecule has 0 atom stereocenters. The molecule has 98 valence electrons. The predicted octanol–water partition coefficient (Wildman–Crippen LogP) is 2.61. The highest BCUT2D eigenvalue weighted by molar-refractivity contribution is 5.82. The van der Waals surface area contributed by atoms with Gasteiger partial charge in [0.05, 0.1) is 0 Å². The molecule has 0 saturated heterocycles. The van der Waals surface area contributed by atoms with E-state index in [0.29, 0.717) is 0 Å². The minimum absolute atomic E-state index is 0.910. The Hall–Kier alpha value is -2.07. The molecule has 0 unspecified atom stereocenters. The number of H-pyrrole nitrogens is 2. The van der Waals surface area contributed by atoms with Crippen LogP contribution >= 0.6 is 0 Å². The lowest BCUT2D eigenvalue weighted by Crippen LogP contribution is -2.15. The summed E-state index contributed by atoms with van der Waals surface area (Å²) < 4.78 is 0. The lowest BCUT2D eigenvalue weighted by molar-refractivity contribution is 0.643. The van der Waals surface area contributed by atoms with Crippen molar-refractivity contribution in [2.75, 3.05) is 6.54 Å². The summed E-state index contributed by atoms with van der Waals surface area (Å²) in [6.45, 7) is 1.91. The third-order valence-corrected chi connectivity index (χ3v) is 3.32. The van der Waals surface area contributed by atoms with Crippen LogP contribution < -0.4 is 5.32 Å². The molecular formula is C15H18N4. The minimum atomic E-state index is 0.910. The van der Waals surface area contributed by atoms with Crippen LogP contribution in [0.25, 0.3) is 10.9 Å². The Labute approximate surface area is 112 Å². The second kappa shape index (κ2) is 5.71. The van der Waals surface area contributed by atoms with E-state index in [9.17, 15) is 0 Å². The fourth-order valence-electron chi connectivity index (χ4n) is 2.34. The van der Waals surface area contributed by atoms with E-state index < -0.39 is 0 Å². The number of aromatic amines is 2. The van der Waals surface area contributed by atoms with Crippen LogP contribution in [-0.4, -0.2) is 21.5 Å². The molecule has 0 spiro atoms. The van der Waals surface area contributed by atoms with Crippen LogP contribution in [0.4, 0.5) is 0 Å². The Morgan fingerprint density at radius 2 is 2.11 bits per heavy atom. The smallest absolute Gasteiger partial charge is 0.106 e. The maximum Gasteiger partial charge on any atom is 0.106 e. The first kappa shape index (κ1) is 12.0. The van der Waals surface area contributed by atoms with Crippen LogP contribution in [0.3, 0.4) is 0 Å². The summed E-state index contributed by atoms with van der Waals surface area (Å²) >= 11 is 0. The topological polar surface area (TPSA) is 56.5 Å². The van der Waals surface area contributed by atoms with Gasteiger partial charge in [0.25, 0.3) is 0 Å². The molecule has 0 amide bonds. The van der Waals surface area contributed by atoms with Crippen molar-refractivity contribution in [1.82, 2.24) is 20.3 Å². The summed E-state index contributed by atoms with van der Waals surface area (Å²) in [6, 6.07) is 8.51. The Morgan fingerprint density at radius 1 is 1.11 bits per heavy atom. The number of fused-ring (bicyclic) bond motifs is 1. The maximum atomic E-state index is 4.22. The van der Waals surface area contributed by atoms with Crippen molar-refractivity contribution in [2.45, 2.75) is 19.4 Å². The average Bonchev–Trinajstić information content (AvgIpc) is 3.09. The van der Waals surface area contributed by atoms with E-state index in [1.165, 1.54) is 16.5 Å². The lowest BCUT2D eigenvalue weighted by Gasteiger charge is -2.05. The molecule has 3 rings (SSSR count). The average molecular weight is 254 g/mol. The molecule has 0 aliphatic carbocycles. The summed E-state index contributed by atoms with van der Waals surface area (Å²) in [7, 11) is 0. The molecule has 0 aliphatic rings. The molecule has 19 heavy (non-hydrogen) atoms. The number of hydrogen-bond acceptors (Lipinski definition) is 2. The van der Waals surface area contributed by atoms with Gasteiger partial charge in [0, 0.05) is 42.5 Å². The van der Waals surface area contributed by atoms with Gasteiger partial charge in [0.1, 0.15) is 5.82 Å². The van der Waals surface area contributed by atoms with E-state index in [0.717, 1.165) is 31.8 Å². The number of nitrogens with one attached hydrogen (secondary N) is 3. The highest BCUT2D eigenvalue weighted by Crippen LogP contribution is 2.16. The SMILES string of the molecule is c1cc(CNCCCc2ncc[nH]2)c2cc[nH]c2c1. The van der Waals surface area contributed by atoms with Gasteiger partial charge in [-0.3, -0.25) is 0 Å². The van der Waals surface area contributed by atoms with E-state index in [1.54, 1.807) is 6.20 Å². The van der Waals surface area contributed by atoms with Gasteiger partial charge in [-0.25, -0.2) is 4.98 Å². The first-order chi connectivity index (χ1) is 9.43. The summed E-state index contributed by atoms with van der Waals surface area (Å²) in [4.78, 5) is 10.6. The minimum Gasteiger partial charge on any atom is -0.361 e. The fraction of sp³-hybridized carbons (Fsp3) is 0.267. The highest BCUT2D eigenvalue weighted by Gasteiger charge is 2.01. The number of aromatic nitrogens is 3. The number of rotatable bonds is 6. The molecular weight excluding hydrogens is 236 g/mol. The fourth-order valence-corrected chi connectivity index (χ4v) is 2.34. The molecule has 4 heteroatoms. The second-order valence-electron chi connectivity index (χ2n) is 4.67. The van der Waals surface area contributed by atoms with E-state index in [2.05, 4.69) is 44.5 Å². The molecule has 0 aliphatic heterocycles. The van der Waals surface area contributed by atoms with Crippen LogP contribution in [0.5, 0.6) is 0 Å². The summed E-state index contributed by atoms with van der Waals surface area (Å²) in [6.07, 6.45) is 7.75. The van der Waals surface area contributed by atoms with Crippen LogP contribution in [0.1, 0.15) is 17.8 Å². The molecule has 3 N–H and O–H groups in total. The molecule has 0 radical (unpaired) electrons. The van der Waals surface area contributed by atoms with Gasteiger partial charge in [0.2, 0.25) is 0 Å². The van der Waals surface area contributed by atoms with Crippen LogP contribution in [0.2, 0.25) is 0 Å². The summed E-state index contributed by atoms with van der Waals surface area (Å²) in [5.74, 6) is 1.06. The molecule has 2 heterocycles. The van der Waals surface area contributed by atoms with Crippen LogP contribution in [0, 0.1) is 0 Å². The van der Waals surface area contributed by atoms with Crippen molar-refractivity contribution in [2.24, 2.45) is 0 Å². The van der Waals surface area contributed by atoms with Crippen molar-refractivity contribution in [3.63, 3.8) is 0 Å². The van der Waals surface area contributed by atoms with Gasteiger partial charge in [-0.15, -0.1) is 0 Å². The Morgan fingerprint density at radius 3 is 3.00 bits per heavy atom. The monoisotopic (exact) mass is 254 g/mol. The second-order valence-corrected chi connectivity index (χ2v) is 4.67. The quantitative estimate of drug-likeness (QED) is 0.592. The zero-order chi connectivity index (χ0) is 12.9. The number of aryl methyl sites for hydroxylation is 1. The molecule has 4 nitrogen and oxygen atoms in total. The van der Waals surface area contributed by atoms with E-state index >= 15 is 0 Å². The predicted molar refractivity (Wildman–Crippen MR) is 76.9 cm³/mol. The van der Waals surface area contributed by atoms with Crippen molar-refractivity contribution >= 4 is 10.9 Å². The molecule has 0 bridgehead atoms. The van der Waals surface area contributed by atoms with Crippen LogP contribution in [-0.2, 0) is 13.0 Å². The molecule has 2 aromatic heterocycles. The first-order valence-electron chi connectivity index (χ1n) is 6.67. The van der Waals surface area contributed by atoms with E-state index in [1.807, 2.05) is 12.4 Å². The standard InChI is InChI=1S/C15H18N4/c1-3-12(13-6-8-17-14(13)4-1)11-16-7-2-5-15-18-9-10-19-15/h1,3-4,6,8-10,16-17H,2,5,7,11H2,(H,18,19). The van der Waals surface area contributed by atoms with Crippen molar-refractivity contribution in [3.05, 3.63) is 54.2 Å². The molecule has 3 aromatic rings. The maximum absolute atomic E-state index is 4.22. The molecule has 0 fully saturated rings. The Kier molecular flexibility index (Phi) is 3.61. The number of nitrogens with zero attached hydrogens (tertiary/aromatic N) is 1. The Bertz CT molecular complexity index is 624. The van der Waals surface area contributed by atoms with Crippen molar-refractivity contribution in [1.29, 1.82) is 0 Å². The first-order valence-corrected chi connectivity index (χ1v) is 6.67. The number of hydrogen-bond donors (Lipinski definition) is 3. The zero-order valence-electron chi connectivity index (χ0n) is 10.8. The van der Waals surface area contributed by atoms with Gasteiger partial charge < -0.3 is 15.3 Å². The van der Waals surface area contributed by atoms with Gasteiger partial charge in [-0.2, -0.15) is 0 Å². The van der Waals surface area contributed by atoms with Gasteiger partial charge in [-0.05, 0) is 30.7 Å². The van der Waals surface area contributed by atoms with Crippen molar-refractivity contribution in [3.8, 4) is 0 Å². The lowest BCUT2D eigenvalue weighted by atomic mass is 10.1. The van der Waals surface area contributed by atoms with E-state index in [4.69, 9.17) is 0 Å². The van der Waals surface area contributed by atoms with Gasteiger partial charge in [0.15, 0.2) is 0 Å². The zero-order valence-corrected chi connectivity index (χ0v) is 10.8. The summed E-state index contributed by atoms with van der Waals surface area (Å²) in [5.41, 5.74) is 2.55. The number of imidazole rings is 1. The highest BCUT2D eigenvalue weighted by atomic mass is 14.9. The summed E-state index contributed by atoms with van der Waals surface area (Å²) in [5, 5.41) is 4.80. The third-order valence-electron chi connectivity index (χ3n) is 3.32. The normalized spacial score (nSPS) is 11.2. The molecule has 0 saturated carbocycles. The Balaban J connectivity index is 1.48. The number of benzene rings is 1. The molecule has 1 aromatic carbocycles. The van der Waals surface area contributed by atoms with Gasteiger partial charge >= 0.3 is 0 Å². The van der Waals surface area contributed by atoms with Crippen LogP contribution in [0.15, 0.2) is 42.9 Å². The van der Waals surface area contributed by atoms with Gasteiger partial charge in [-0.1, -0.05) is 12.1 Å². The largest absolute Gasteiger partial charge is 0.361 e. The van der Waals surface area contributed by atoms with E-state index in [-0.39, 0.29) is 0 Å². The van der Waals surface area contributed by atoms with Crippen molar-refractivity contribution < 1.29 is 0 Å².